The molecule has 206 valence electrons. The van der Waals surface area contributed by atoms with Crippen molar-refractivity contribution in [2.24, 2.45) is 5.41 Å². The Kier molecular flexibility index (Phi) is 7.10. The molecule has 3 aromatic carbocycles. The molecule has 1 unspecified atom stereocenters. The third-order valence-corrected chi connectivity index (χ3v) is 8.47. The molecule has 1 saturated heterocycles. The molecule has 2 N–H and O–H groups in total. The van der Waals surface area contributed by atoms with E-state index in [0.29, 0.717) is 5.56 Å². The summed E-state index contributed by atoms with van der Waals surface area (Å²) < 4.78 is 25.1. The van der Waals surface area contributed by atoms with Crippen molar-refractivity contribution in [1.82, 2.24) is 4.72 Å². The number of carbonyl (C=O) groups excluding carboxylic acids is 1. The van der Waals surface area contributed by atoms with E-state index >= 15 is 0 Å². The quantitative estimate of drug-likeness (QED) is 0.466. The molecule has 2 aliphatic rings. The van der Waals surface area contributed by atoms with Gasteiger partial charge >= 0.3 is 0 Å². The molecule has 3 aromatic rings. The lowest BCUT2D eigenvalue weighted by Gasteiger charge is -2.42. The number of benzene rings is 3. The predicted molar refractivity (Wildman–Crippen MR) is 159 cm³/mol. The highest BCUT2D eigenvalue weighted by Gasteiger charge is 2.36. The Labute approximate surface area is 232 Å². The summed E-state index contributed by atoms with van der Waals surface area (Å²) in [4.78, 5) is 17.4. The molecular formula is C31H38N4O3S. The van der Waals surface area contributed by atoms with E-state index in [4.69, 9.17) is 0 Å². The lowest BCUT2D eigenvalue weighted by atomic mass is 9.72. The topological polar surface area (TPSA) is 81.8 Å². The number of carbonyl (C=O) groups is 1. The molecule has 0 aromatic heterocycles. The fraction of sp³-hybridized carbons (Fsp3) is 0.387. The predicted octanol–water partition coefficient (Wildman–Crippen LogP) is 5.05. The lowest BCUT2D eigenvalue weighted by molar-refractivity contribution is 0.0981. The number of fused-ring (bicyclic) bond motifs is 1. The number of piperazine rings is 1. The molecule has 1 atom stereocenters. The fourth-order valence-electron chi connectivity index (χ4n) is 5.99. The normalized spacial score (nSPS) is 18.7. The van der Waals surface area contributed by atoms with Crippen LogP contribution in [0.2, 0.25) is 0 Å². The molecule has 7 nitrogen and oxygen atoms in total. The van der Waals surface area contributed by atoms with Gasteiger partial charge < -0.3 is 15.1 Å². The van der Waals surface area contributed by atoms with Gasteiger partial charge in [0.05, 0.1) is 12.3 Å². The first-order chi connectivity index (χ1) is 18.4. The molecule has 0 saturated carbocycles. The number of nitrogens with zero attached hydrogens (tertiary/aromatic N) is 2. The average molecular weight is 547 g/mol. The van der Waals surface area contributed by atoms with E-state index in [-0.39, 0.29) is 11.5 Å². The maximum Gasteiger partial charge on any atom is 0.264 e. The summed E-state index contributed by atoms with van der Waals surface area (Å²) >= 11 is 0. The molecule has 39 heavy (non-hydrogen) atoms. The number of amides is 1. The van der Waals surface area contributed by atoms with E-state index in [1.165, 1.54) is 28.1 Å². The van der Waals surface area contributed by atoms with E-state index in [0.717, 1.165) is 50.1 Å². The Morgan fingerprint density at radius 3 is 2.36 bits per heavy atom. The summed E-state index contributed by atoms with van der Waals surface area (Å²) in [5.41, 5.74) is 8.64. The van der Waals surface area contributed by atoms with Gasteiger partial charge in [0.1, 0.15) is 0 Å². The molecule has 1 amide bonds. The maximum atomic E-state index is 12.4. The molecule has 1 fully saturated rings. The lowest BCUT2D eigenvalue weighted by Crippen LogP contribution is -2.46. The smallest absolute Gasteiger partial charge is 0.264 e. The number of hydrogen-bond acceptors (Lipinski definition) is 6. The van der Waals surface area contributed by atoms with Gasteiger partial charge in [0.15, 0.2) is 0 Å². The van der Waals surface area contributed by atoms with E-state index in [2.05, 4.69) is 90.0 Å². The van der Waals surface area contributed by atoms with Gasteiger partial charge in [-0.3, -0.25) is 4.79 Å². The molecule has 0 spiro atoms. The average Bonchev–Trinajstić information content (AvgIpc) is 2.87. The van der Waals surface area contributed by atoms with Crippen molar-refractivity contribution in [3.05, 3.63) is 88.5 Å². The van der Waals surface area contributed by atoms with E-state index in [1.807, 2.05) is 6.07 Å². The van der Waals surface area contributed by atoms with Gasteiger partial charge in [-0.2, -0.15) is 0 Å². The van der Waals surface area contributed by atoms with Crippen LogP contribution in [0.1, 0.15) is 52.5 Å². The Balaban J connectivity index is 1.32. The van der Waals surface area contributed by atoms with E-state index in [1.54, 1.807) is 12.1 Å². The van der Waals surface area contributed by atoms with Crippen molar-refractivity contribution in [1.29, 1.82) is 0 Å². The Morgan fingerprint density at radius 1 is 0.949 bits per heavy atom. The van der Waals surface area contributed by atoms with Gasteiger partial charge in [-0.25, -0.2) is 13.1 Å². The first-order valence-electron chi connectivity index (χ1n) is 13.5. The minimum atomic E-state index is -3.62. The van der Waals surface area contributed by atoms with Gasteiger partial charge in [0.2, 0.25) is 10.0 Å². The van der Waals surface area contributed by atoms with Crippen molar-refractivity contribution < 1.29 is 13.2 Å². The number of aryl methyl sites for hydroxylation is 2. The van der Waals surface area contributed by atoms with Crippen LogP contribution in [0.4, 0.5) is 17.1 Å². The molecular weight excluding hydrogens is 508 g/mol. The van der Waals surface area contributed by atoms with Crippen molar-refractivity contribution >= 4 is 33.0 Å². The molecule has 0 bridgehead atoms. The van der Waals surface area contributed by atoms with Gasteiger partial charge in [0.25, 0.3) is 5.91 Å². The Morgan fingerprint density at radius 2 is 1.67 bits per heavy atom. The minimum absolute atomic E-state index is 0.0946. The second kappa shape index (κ2) is 10.2. The molecule has 0 aliphatic carbocycles. The SMILES string of the molecule is Cc1ccc(N2CCN(c3cccc(C4Nc5ccc(C(=O)NS(C)(=O)=O)cc5CC4(C)C)c3)CC2)c(C)c1. The fourth-order valence-corrected chi connectivity index (χ4v) is 6.45. The molecule has 2 heterocycles. The zero-order chi connectivity index (χ0) is 27.9. The third kappa shape index (κ3) is 5.91. The number of hydrogen-bond donors (Lipinski definition) is 2. The monoisotopic (exact) mass is 546 g/mol. The zero-order valence-corrected chi connectivity index (χ0v) is 24.2. The minimum Gasteiger partial charge on any atom is -0.377 e. The highest BCUT2D eigenvalue weighted by atomic mass is 32.2. The van der Waals surface area contributed by atoms with Crippen LogP contribution in [0.3, 0.4) is 0 Å². The number of sulfonamides is 1. The number of anilines is 3. The Bertz CT molecular complexity index is 1510. The van der Waals surface area contributed by atoms with Crippen molar-refractivity contribution in [2.45, 2.75) is 40.2 Å². The number of nitrogens with one attached hydrogen (secondary N) is 2. The Hall–Kier alpha value is -3.52. The maximum absolute atomic E-state index is 12.4. The standard InChI is InChI=1S/C31H38N4O3S/c1-21-9-12-28(22(2)17-21)35-15-13-34(14-16-35)26-8-6-7-23(19-26)29-31(3,4)20-25-18-24(10-11-27(25)32-29)30(36)33-39(5,37)38/h6-12,17-19,29,32H,13-16,20H2,1-5H3,(H,33,36). The van der Waals surface area contributed by atoms with Crippen molar-refractivity contribution in [3.8, 4) is 0 Å². The number of rotatable bonds is 5. The summed E-state index contributed by atoms with van der Waals surface area (Å²) in [7, 11) is -3.62. The van der Waals surface area contributed by atoms with Crippen LogP contribution in [-0.2, 0) is 16.4 Å². The van der Waals surface area contributed by atoms with Gasteiger partial charge in [0, 0.05) is 48.8 Å². The van der Waals surface area contributed by atoms with Gasteiger partial charge in [-0.05, 0) is 78.8 Å². The van der Waals surface area contributed by atoms with Crippen LogP contribution in [0, 0.1) is 19.3 Å². The largest absolute Gasteiger partial charge is 0.377 e. The summed E-state index contributed by atoms with van der Waals surface area (Å²) in [6, 6.07) is 21.0. The van der Waals surface area contributed by atoms with Crippen LogP contribution in [0.15, 0.2) is 60.7 Å². The van der Waals surface area contributed by atoms with Crippen molar-refractivity contribution in [3.63, 3.8) is 0 Å². The van der Waals surface area contributed by atoms with Crippen molar-refractivity contribution in [2.75, 3.05) is 47.6 Å². The zero-order valence-electron chi connectivity index (χ0n) is 23.4. The highest BCUT2D eigenvalue weighted by molar-refractivity contribution is 7.89. The second-order valence-electron chi connectivity index (χ2n) is 11.7. The van der Waals surface area contributed by atoms with Crippen LogP contribution in [-0.4, -0.2) is 46.8 Å². The van der Waals surface area contributed by atoms with Crippen LogP contribution >= 0.6 is 0 Å². The van der Waals surface area contributed by atoms with Gasteiger partial charge in [-0.1, -0.05) is 43.7 Å². The molecule has 2 aliphatic heterocycles. The second-order valence-corrected chi connectivity index (χ2v) is 13.4. The molecule has 5 rings (SSSR count). The third-order valence-electron chi connectivity index (χ3n) is 7.91. The molecule has 8 heteroatoms. The molecule has 0 radical (unpaired) electrons. The summed E-state index contributed by atoms with van der Waals surface area (Å²) in [5.74, 6) is -0.606. The van der Waals surface area contributed by atoms with Gasteiger partial charge in [-0.15, -0.1) is 0 Å². The summed E-state index contributed by atoms with van der Waals surface area (Å²) in [6.07, 6.45) is 1.75. The van der Waals surface area contributed by atoms with Crippen LogP contribution in [0.25, 0.3) is 0 Å². The first-order valence-corrected chi connectivity index (χ1v) is 15.4. The van der Waals surface area contributed by atoms with E-state index < -0.39 is 15.9 Å². The van der Waals surface area contributed by atoms with E-state index in [9.17, 15) is 13.2 Å². The summed E-state index contributed by atoms with van der Waals surface area (Å²) in [5, 5.41) is 3.71. The first kappa shape index (κ1) is 27.1. The van der Waals surface area contributed by atoms with Crippen LogP contribution in [0.5, 0.6) is 0 Å². The van der Waals surface area contributed by atoms with Crippen LogP contribution < -0.4 is 19.8 Å². The summed E-state index contributed by atoms with van der Waals surface area (Å²) in [6.45, 7) is 12.7. The highest BCUT2D eigenvalue weighted by Crippen LogP contribution is 2.45.